The molecule has 0 bridgehead atoms. The van der Waals surface area contributed by atoms with Crippen molar-refractivity contribution in [2.24, 2.45) is 0 Å². The second-order valence-electron chi connectivity index (χ2n) is 6.54. The van der Waals surface area contributed by atoms with Crippen LogP contribution in [0.2, 0.25) is 0 Å². The van der Waals surface area contributed by atoms with Crippen LogP contribution >= 0.6 is 0 Å². The van der Waals surface area contributed by atoms with Gasteiger partial charge >= 0.3 is 0 Å². The Morgan fingerprint density at radius 3 is 2.54 bits per heavy atom. The van der Waals surface area contributed by atoms with E-state index in [1.165, 1.54) is 5.56 Å². The minimum Gasteiger partial charge on any atom is -0.483 e. The van der Waals surface area contributed by atoms with Crippen molar-refractivity contribution in [3.63, 3.8) is 0 Å². The monoisotopic (exact) mass is 326 g/mol. The zero-order chi connectivity index (χ0) is 17.7. The number of aromatic nitrogens is 1. The third-order valence-electron chi connectivity index (χ3n) is 3.94. The van der Waals surface area contributed by atoms with Gasteiger partial charge in [0.2, 0.25) is 0 Å². The fraction of sp³-hybridized carbons (Fsp3) is 0.400. The second-order valence-corrected chi connectivity index (χ2v) is 6.54. The SMILES string of the molecule is Cc1ccc(C(C)C)cc1OCC(=O)N(c1cccnc1)C(C)C. The molecule has 24 heavy (non-hydrogen) atoms. The van der Waals surface area contributed by atoms with Crippen LogP contribution in [-0.4, -0.2) is 23.5 Å². The van der Waals surface area contributed by atoms with E-state index in [1.807, 2.05) is 45.0 Å². The minimum atomic E-state index is -0.0765. The van der Waals surface area contributed by atoms with Crippen molar-refractivity contribution in [3.05, 3.63) is 53.9 Å². The molecule has 2 aromatic rings. The lowest BCUT2D eigenvalue weighted by Gasteiger charge is -2.26. The Hall–Kier alpha value is -2.36. The summed E-state index contributed by atoms with van der Waals surface area (Å²) in [6.45, 7) is 10.2. The van der Waals surface area contributed by atoms with E-state index in [0.29, 0.717) is 5.92 Å². The summed E-state index contributed by atoms with van der Waals surface area (Å²) in [6.07, 6.45) is 3.40. The van der Waals surface area contributed by atoms with E-state index in [9.17, 15) is 4.79 Å². The average molecular weight is 326 g/mol. The molecule has 1 heterocycles. The van der Waals surface area contributed by atoms with Crippen molar-refractivity contribution in [3.8, 4) is 5.75 Å². The summed E-state index contributed by atoms with van der Waals surface area (Å²) in [4.78, 5) is 18.5. The molecule has 4 nitrogen and oxygen atoms in total. The number of anilines is 1. The number of benzene rings is 1. The van der Waals surface area contributed by atoms with Crippen LogP contribution in [0.25, 0.3) is 0 Å². The lowest BCUT2D eigenvalue weighted by atomic mass is 10.0. The van der Waals surface area contributed by atoms with Gasteiger partial charge in [0.05, 0.1) is 11.9 Å². The molecule has 0 spiro atoms. The standard InChI is InChI=1S/C20H26N2O2/c1-14(2)17-9-8-16(5)19(11-17)24-13-20(23)22(15(3)4)18-7-6-10-21-12-18/h6-12,14-15H,13H2,1-5H3. The van der Waals surface area contributed by atoms with Crippen LogP contribution in [0.15, 0.2) is 42.7 Å². The van der Waals surface area contributed by atoms with Crippen molar-refractivity contribution >= 4 is 11.6 Å². The number of nitrogens with zero attached hydrogens (tertiary/aromatic N) is 2. The molecule has 0 aliphatic carbocycles. The Labute approximate surface area is 144 Å². The molecule has 4 heteroatoms. The molecule has 0 saturated carbocycles. The Kier molecular flexibility index (Phi) is 5.96. The first-order chi connectivity index (χ1) is 11.4. The van der Waals surface area contributed by atoms with Gasteiger partial charge in [-0.1, -0.05) is 26.0 Å². The van der Waals surface area contributed by atoms with Gasteiger partial charge in [-0.15, -0.1) is 0 Å². The van der Waals surface area contributed by atoms with E-state index < -0.39 is 0 Å². The highest BCUT2D eigenvalue weighted by molar-refractivity contribution is 5.94. The predicted molar refractivity (Wildman–Crippen MR) is 97.6 cm³/mol. The normalized spacial score (nSPS) is 11.0. The Bertz CT molecular complexity index is 681. The quantitative estimate of drug-likeness (QED) is 0.793. The highest BCUT2D eigenvalue weighted by Gasteiger charge is 2.20. The summed E-state index contributed by atoms with van der Waals surface area (Å²) < 4.78 is 5.83. The van der Waals surface area contributed by atoms with E-state index in [-0.39, 0.29) is 18.6 Å². The third kappa shape index (κ3) is 4.34. The maximum absolute atomic E-state index is 12.7. The predicted octanol–water partition coefficient (Wildman–Crippen LogP) is 4.33. The fourth-order valence-corrected chi connectivity index (χ4v) is 2.57. The van der Waals surface area contributed by atoms with Crippen LogP contribution in [-0.2, 0) is 4.79 Å². The van der Waals surface area contributed by atoms with Crippen molar-refractivity contribution < 1.29 is 9.53 Å². The molecule has 0 aliphatic rings. The van der Waals surface area contributed by atoms with Gasteiger partial charge in [-0.3, -0.25) is 9.78 Å². The van der Waals surface area contributed by atoms with Crippen molar-refractivity contribution in [1.29, 1.82) is 0 Å². The van der Waals surface area contributed by atoms with Crippen molar-refractivity contribution in [2.75, 3.05) is 11.5 Å². The Morgan fingerprint density at radius 2 is 1.96 bits per heavy atom. The summed E-state index contributed by atoms with van der Waals surface area (Å²) in [7, 11) is 0. The molecule has 1 aromatic heterocycles. The first kappa shape index (κ1) is 18.0. The van der Waals surface area contributed by atoms with E-state index in [1.54, 1.807) is 17.3 Å². The number of rotatable bonds is 6. The van der Waals surface area contributed by atoms with Gasteiger partial charge in [0, 0.05) is 12.2 Å². The highest BCUT2D eigenvalue weighted by Crippen LogP contribution is 2.24. The Balaban J connectivity index is 2.13. The molecule has 0 radical (unpaired) electrons. The molecule has 0 fully saturated rings. The average Bonchev–Trinajstić information content (AvgIpc) is 2.54. The highest BCUT2D eigenvalue weighted by atomic mass is 16.5. The van der Waals surface area contributed by atoms with Gasteiger partial charge in [-0.25, -0.2) is 0 Å². The van der Waals surface area contributed by atoms with E-state index in [4.69, 9.17) is 4.74 Å². The van der Waals surface area contributed by atoms with E-state index in [2.05, 4.69) is 24.9 Å². The third-order valence-corrected chi connectivity index (χ3v) is 3.94. The van der Waals surface area contributed by atoms with E-state index >= 15 is 0 Å². The molecule has 0 N–H and O–H groups in total. The van der Waals surface area contributed by atoms with Crippen LogP contribution in [0, 0.1) is 6.92 Å². The van der Waals surface area contributed by atoms with Crippen molar-refractivity contribution in [1.82, 2.24) is 4.98 Å². The first-order valence-electron chi connectivity index (χ1n) is 8.35. The van der Waals surface area contributed by atoms with Crippen LogP contribution in [0.1, 0.15) is 44.7 Å². The van der Waals surface area contributed by atoms with Crippen LogP contribution in [0.3, 0.4) is 0 Å². The summed E-state index contributed by atoms with van der Waals surface area (Å²) >= 11 is 0. The van der Waals surface area contributed by atoms with Gasteiger partial charge in [0.1, 0.15) is 5.75 Å². The van der Waals surface area contributed by atoms with Crippen LogP contribution in [0.4, 0.5) is 5.69 Å². The summed E-state index contributed by atoms with van der Waals surface area (Å²) in [5, 5.41) is 0. The molecule has 0 aliphatic heterocycles. The molecule has 0 atom stereocenters. The summed E-state index contributed by atoms with van der Waals surface area (Å²) in [5.74, 6) is 1.11. The summed E-state index contributed by atoms with van der Waals surface area (Å²) in [6, 6.07) is 9.91. The minimum absolute atomic E-state index is 0.00939. The molecule has 1 aromatic carbocycles. The number of hydrogen-bond donors (Lipinski definition) is 0. The van der Waals surface area contributed by atoms with Crippen molar-refractivity contribution in [2.45, 2.75) is 46.6 Å². The number of pyridine rings is 1. The zero-order valence-electron chi connectivity index (χ0n) is 15.1. The number of carbonyl (C=O) groups excluding carboxylic acids is 1. The van der Waals surface area contributed by atoms with Gasteiger partial charge in [0.15, 0.2) is 6.61 Å². The number of aryl methyl sites for hydroxylation is 1. The fourth-order valence-electron chi connectivity index (χ4n) is 2.57. The summed E-state index contributed by atoms with van der Waals surface area (Å²) in [5.41, 5.74) is 3.02. The topological polar surface area (TPSA) is 42.4 Å². The second kappa shape index (κ2) is 7.95. The molecular formula is C20H26N2O2. The van der Waals surface area contributed by atoms with Gasteiger partial charge in [-0.05, 0) is 56.0 Å². The van der Waals surface area contributed by atoms with Gasteiger partial charge in [0.25, 0.3) is 5.91 Å². The lowest BCUT2D eigenvalue weighted by molar-refractivity contribution is -0.120. The molecule has 0 saturated heterocycles. The smallest absolute Gasteiger partial charge is 0.265 e. The zero-order valence-corrected chi connectivity index (χ0v) is 15.1. The largest absolute Gasteiger partial charge is 0.483 e. The number of amides is 1. The lowest BCUT2D eigenvalue weighted by Crippen LogP contribution is -2.40. The first-order valence-corrected chi connectivity index (χ1v) is 8.35. The maximum atomic E-state index is 12.7. The number of ether oxygens (including phenoxy) is 1. The van der Waals surface area contributed by atoms with Crippen LogP contribution < -0.4 is 9.64 Å². The number of carbonyl (C=O) groups is 1. The van der Waals surface area contributed by atoms with Gasteiger partial charge in [-0.2, -0.15) is 0 Å². The maximum Gasteiger partial charge on any atom is 0.265 e. The molecule has 1 amide bonds. The Morgan fingerprint density at radius 1 is 1.21 bits per heavy atom. The van der Waals surface area contributed by atoms with Crippen LogP contribution in [0.5, 0.6) is 5.75 Å². The molecule has 0 unspecified atom stereocenters. The van der Waals surface area contributed by atoms with E-state index in [0.717, 1.165) is 17.0 Å². The molecule has 2 rings (SSSR count). The van der Waals surface area contributed by atoms with Gasteiger partial charge < -0.3 is 9.64 Å². The molecular weight excluding hydrogens is 300 g/mol. The molecule has 128 valence electrons. The number of hydrogen-bond acceptors (Lipinski definition) is 3.